The summed E-state index contributed by atoms with van der Waals surface area (Å²) in [5.41, 5.74) is 6.27. The van der Waals surface area contributed by atoms with Gasteiger partial charge in [-0.15, -0.1) is 0 Å². The largest absolute Gasteiger partial charge is 0.399 e. The quantitative estimate of drug-likeness (QED) is 0.808. The van der Waals surface area contributed by atoms with Gasteiger partial charge in [0.2, 0.25) is 0 Å². The summed E-state index contributed by atoms with van der Waals surface area (Å²) in [6, 6.07) is 10.0. The normalized spacial score (nSPS) is 12.4. The fourth-order valence-electron chi connectivity index (χ4n) is 2.03. The first kappa shape index (κ1) is 14.2. The van der Waals surface area contributed by atoms with E-state index >= 15 is 0 Å². The average Bonchev–Trinajstić information content (AvgIpc) is 2.41. The Kier molecular flexibility index (Phi) is 4.17. The monoisotopic (exact) mass is 280 g/mol. The van der Waals surface area contributed by atoms with Crippen LogP contribution in [0.2, 0.25) is 0 Å². The van der Waals surface area contributed by atoms with Crippen molar-refractivity contribution in [2.45, 2.75) is 19.4 Å². The van der Waals surface area contributed by atoms with E-state index in [1.807, 2.05) is 0 Å². The molecule has 0 aliphatic rings. The molecule has 0 amide bonds. The minimum absolute atomic E-state index is 0.187. The van der Waals surface area contributed by atoms with Gasteiger partial charge < -0.3 is 11.1 Å². The molecule has 0 aliphatic heterocycles. The van der Waals surface area contributed by atoms with E-state index in [-0.39, 0.29) is 22.8 Å². The molecule has 2 aromatic carbocycles. The standard InChI is InChI=1S/C15H15F3N2/c1-9(11-4-2-3-5-13(11)16)20-14-7-6-10(19)8-12(14)15(17)18/h2-9,15,20H,19H2,1H3. The van der Waals surface area contributed by atoms with Gasteiger partial charge in [0.1, 0.15) is 5.82 Å². The van der Waals surface area contributed by atoms with Crippen molar-refractivity contribution in [3.8, 4) is 0 Å². The van der Waals surface area contributed by atoms with Gasteiger partial charge in [-0.05, 0) is 31.2 Å². The summed E-state index contributed by atoms with van der Waals surface area (Å²) < 4.78 is 39.6. The summed E-state index contributed by atoms with van der Waals surface area (Å²) >= 11 is 0. The summed E-state index contributed by atoms with van der Waals surface area (Å²) in [6.45, 7) is 1.71. The fraction of sp³-hybridized carbons (Fsp3) is 0.200. The zero-order chi connectivity index (χ0) is 14.7. The smallest absolute Gasteiger partial charge is 0.265 e. The molecule has 0 aliphatic carbocycles. The average molecular weight is 280 g/mol. The third-order valence-corrected chi connectivity index (χ3v) is 3.05. The number of nitrogens with one attached hydrogen (secondary N) is 1. The minimum atomic E-state index is -2.64. The second kappa shape index (κ2) is 5.86. The molecule has 20 heavy (non-hydrogen) atoms. The predicted molar refractivity (Wildman–Crippen MR) is 74.2 cm³/mol. The lowest BCUT2D eigenvalue weighted by molar-refractivity contribution is 0.152. The molecule has 0 heterocycles. The van der Waals surface area contributed by atoms with Crippen molar-refractivity contribution >= 4 is 11.4 Å². The number of nitrogens with two attached hydrogens (primary N) is 1. The first-order valence-corrected chi connectivity index (χ1v) is 6.17. The van der Waals surface area contributed by atoms with Crippen molar-refractivity contribution in [2.75, 3.05) is 11.1 Å². The number of alkyl halides is 2. The van der Waals surface area contributed by atoms with Crippen LogP contribution in [0, 0.1) is 5.82 Å². The van der Waals surface area contributed by atoms with Gasteiger partial charge in [0.05, 0.1) is 6.04 Å². The third-order valence-electron chi connectivity index (χ3n) is 3.05. The molecule has 5 heteroatoms. The van der Waals surface area contributed by atoms with Gasteiger partial charge in [-0.1, -0.05) is 18.2 Å². The number of benzene rings is 2. The van der Waals surface area contributed by atoms with Crippen LogP contribution in [0.5, 0.6) is 0 Å². The SMILES string of the molecule is CC(Nc1ccc(N)cc1C(F)F)c1ccccc1F. The van der Waals surface area contributed by atoms with Gasteiger partial charge in [0.15, 0.2) is 0 Å². The van der Waals surface area contributed by atoms with E-state index in [1.165, 1.54) is 24.3 Å². The van der Waals surface area contributed by atoms with Crippen LogP contribution in [0.1, 0.15) is 30.5 Å². The maximum Gasteiger partial charge on any atom is 0.265 e. The third kappa shape index (κ3) is 3.04. The molecule has 0 spiro atoms. The van der Waals surface area contributed by atoms with Crippen LogP contribution in [0.25, 0.3) is 0 Å². The lowest BCUT2D eigenvalue weighted by atomic mass is 10.1. The second-order valence-electron chi connectivity index (χ2n) is 4.53. The van der Waals surface area contributed by atoms with Gasteiger partial charge in [0.25, 0.3) is 6.43 Å². The van der Waals surface area contributed by atoms with Crippen LogP contribution >= 0.6 is 0 Å². The number of rotatable bonds is 4. The van der Waals surface area contributed by atoms with Crippen LogP contribution in [0.15, 0.2) is 42.5 Å². The van der Waals surface area contributed by atoms with E-state index in [9.17, 15) is 13.2 Å². The molecule has 1 atom stereocenters. The number of halogens is 3. The lowest BCUT2D eigenvalue weighted by Gasteiger charge is -2.19. The first-order chi connectivity index (χ1) is 9.49. The van der Waals surface area contributed by atoms with Crippen molar-refractivity contribution in [2.24, 2.45) is 0 Å². The Bertz CT molecular complexity index is 599. The molecule has 106 valence electrons. The maximum atomic E-state index is 13.7. The first-order valence-electron chi connectivity index (χ1n) is 6.17. The molecular formula is C15H15F3N2. The summed E-state index contributed by atoms with van der Waals surface area (Å²) in [5, 5.41) is 2.90. The molecule has 2 nitrogen and oxygen atoms in total. The van der Waals surface area contributed by atoms with E-state index in [1.54, 1.807) is 25.1 Å². The zero-order valence-corrected chi connectivity index (χ0v) is 10.9. The lowest BCUT2D eigenvalue weighted by Crippen LogP contribution is -2.10. The number of nitrogen functional groups attached to an aromatic ring is 1. The Balaban J connectivity index is 2.28. The van der Waals surface area contributed by atoms with Crippen LogP contribution in [-0.4, -0.2) is 0 Å². The molecule has 1 unspecified atom stereocenters. The molecule has 2 aromatic rings. The highest BCUT2D eigenvalue weighted by Gasteiger charge is 2.16. The molecule has 0 saturated heterocycles. The van der Waals surface area contributed by atoms with Gasteiger partial charge in [0, 0.05) is 22.5 Å². The van der Waals surface area contributed by atoms with Gasteiger partial charge in [-0.25, -0.2) is 13.2 Å². The van der Waals surface area contributed by atoms with Crippen molar-refractivity contribution in [1.82, 2.24) is 0 Å². The van der Waals surface area contributed by atoms with Crippen molar-refractivity contribution in [1.29, 1.82) is 0 Å². The zero-order valence-electron chi connectivity index (χ0n) is 10.9. The van der Waals surface area contributed by atoms with Crippen LogP contribution in [0.4, 0.5) is 24.5 Å². The van der Waals surface area contributed by atoms with Crippen LogP contribution < -0.4 is 11.1 Å². The van der Waals surface area contributed by atoms with Crippen LogP contribution in [0.3, 0.4) is 0 Å². The van der Waals surface area contributed by atoms with Gasteiger partial charge >= 0.3 is 0 Å². The molecule has 3 N–H and O–H groups in total. The number of anilines is 2. The summed E-state index contributed by atoms with van der Waals surface area (Å²) in [6.07, 6.45) is -2.64. The van der Waals surface area contributed by atoms with Crippen molar-refractivity contribution in [3.63, 3.8) is 0 Å². The Morgan fingerprint density at radius 1 is 1.05 bits per heavy atom. The van der Waals surface area contributed by atoms with Crippen molar-refractivity contribution < 1.29 is 13.2 Å². The second-order valence-corrected chi connectivity index (χ2v) is 4.53. The van der Waals surface area contributed by atoms with Gasteiger partial charge in [-0.2, -0.15) is 0 Å². The topological polar surface area (TPSA) is 38.0 Å². The molecule has 0 radical (unpaired) electrons. The predicted octanol–water partition coefficient (Wildman–Crippen LogP) is 4.52. The van der Waals surface area contributed by atoms with Crippen LogP contribution in [-0.2, 0) is 0 Å². The highest BCUT2D eigenvalue weighted by Crippen LogP contribution is 2.31. The van der Waals surface area contributed by atoms with E-state index in [0.717, 1.165) is 0 Å². The van der Waals surface area contributed by atoms with Crippen molar-refractivity contribution in [3.05, 3.63) is 59.4 Å². The summed E-state index contributed by atoms with van der Waals surface area (Å²) in [7, 11) is 0. The highest BCUT2D eigenvalue weighted by molar-refractivity contribution is 5.59. The summed E-state index contributed by atoms with van der Waals surface area (Å²) in [5.74, 6) is -0.374. The molecule has 0 fully saturated rings. The summed E-state index contributed by atoms with van der Waals surface area (Å²) in [4.78, 5) is 0. The van der Waals surface area contributed by atoms with E-state index < -0.39 is 12.5 Å². The Hall–Kier alpha value is -2.17. The Morgan fingerprint density at radius 2 is 1.75 bits per heavy atom. The number of hydrogen-bond donors (Lipinski definition) is 2. The van der Waals surface area contributed by atoms with Gasteiger partial charge in [-0.3, -0.25) is 0 Å². The van der Waals surface area contributed by atoms with E-state index in [2.05, 4.69) is 5.32 Å². The molecule has 0 bridgehead atoms. The maximum absolute atomic E-state index is 13.7. The molecule has 2 rings (SSSR count). The molecular weight excluding hydrogens is 265 g/mol. The van der Waals surface area contributed by atoms with E-state index in [4.69, 9.17) is 5.73 Å². The molecule has 0 aromatic heterocycles. The van der Waals surface area contributed by atoms with E-state index in [0.29, 0.717) is 5.56 Å². The number of hydrogen-bond acceptors (Lipinski definition) is 2. The fourth-order valence-corrected chi connectivity index (χ4v) is 2.03. The Morgan fingerprint density at radius 3 is 2.40 bits per heavy atom. The minimum Gasteiger partial charge on any atom is -0.399 e. The molecule has 0 saturated carbocycles. The Labute approximate surface area is 115 Å². The highest BCUT2D eigenvalue weighted by atomic mass is 19.3.